The molecule has 116 valence electrons. The quantitative estimate of drug-likeness (QED) is 0.741. The van der Waals surface area contributed by atoms with Gasteiger partial charge in [0.25, 0.3) is 0 Å². The zero-order valence-corrected chi connectivity index (χ0v) is 13.1. The summed E-state index contributed by atoms with van der Waals surface area (Å²) in [5, 5.41) is 8.46. The molecule has 4 rings (SSSR count). The Morgan fingerprint density at radius 2 is 1.83 bits per heavy atom. The molecule has 23 heavy (non-hydrogen) atoms. The summed E-state index contributed by atoms with van der Waals surface area (Å²) in [6.45, 7) is 2.25. The van der Waals surface area contributed by atoms with Crippen molar-refractivity contribution in [2.24, 2.45) is 0 Å². The minimum Gasteiger partial charge on any atom is -0.478 e. The van der Waals surface area contributed by atoms with Crippen molar-refractivity contribution in [2.75, 3.05) is 6.73 Å². The highest BCUT2D eigenvalue weighted by atomic mass is 35.5. The number of nitrogens with zero attached hydrogens (tertiary/aromatic N) is 4. The highest BCUT2D eigenvalue weighted by Crippen LogP contribution is 2.28. The second-order valence-corrected chi connectivity index (χ2v) is 5.98. The average Bonchev–Trinajstić information content (AvgIpc) is 3.11. The summed E-state index contributed by atoms with van der Waals surface area (Å²) in [7, 11) is 0. The molecule has 0 saturated carbocycles. The summed E-state index contributed by atoms with van der Waals surface area (Å²) in [6, 6.07) is 14.1. The Balaban J connectivity index is 1.53. The molecule has 0 fully saturated rings. The van der Waals surface area contributed by atoms with E-state index in [0.717, 1.165) is 35.1 Å². The van der Waals surface area contributed by atoms with Gasteiger partial charge in [0.15, 0.2) is 0 Å². The lowest BCUT2D eigenvalue weighted by Crippen LogP contribution is -2.31. The van der Waals surface area contributed by atoms with Crippen molar-refractivity contribution < 1.29 is 4.74 Å². The number of benzene rings is 2. The number of hydrogen-bond donors (Lipinski definition) is 0. The van der Waals surface area contributed by atoms with E-state index in [1.54, 1.807) is 12.7 Å². The van der Waals surface area contributed by atoms with Gasteiger partial charge in [0.2, 0.25) is 0 Å². The molecule has 0 unspecified atom stereocenters. The van der Waals surface area contributed by atoms with E-state index in [1.165, 1.54) is 5.56 Å². The van der Waals surface area contributed by atoms with Gasteiger partial charge in [-0.2, -0.15) is 0 Å². The molecule has 1 aromatic heterocycles. The standard InChI is InChI=1S/C17H15ClN4O/c18-15-3-1-13(2-4-15)8-21-9-14-7-16(22-10-19-20-11-22)5-6-17(14)23-12-21/h1-7,10-11H,8-9,12H2. The summed E-state index contributed by atoms with van der Waals surface area (Å²) in [6.07, 6.45) is 3.38. The Bertz CT molecular complexity index is 802. The SMILES string of the molecule is Clc1ccc(CN2COc3ccc(-n4cnnc4)cc3C2)cc1. The van der Waals surface area contributed by atoms with Gasteiger partial charge in [-0.1, -0.05) is 23.7 Å². The van der Waals surface area contributed by atoms with Crippen LogP contribution in [0.4, 0.5) is 0 Å². The Kier molecular flexibility index (Phi) is 3.73. The van der Waals surface area contributed by atoms with Crippen LogP contribution in [0.3, 0.4) is 0 Å². The van der Waals surface area contributed by atoms with E-state index in [9.17, 15) is 0 Å². The molecule has 0 amide bonds. The molecular weight excluding hydrogens is 312 g/mol. The molecule has 2 aromatic carbocycles. The fraction of sp³-hybridized carbons (Fsp3) is 0.176. The number of ether oxygens (including phenoxy) is 1. The van der Waals surface area contributed by atoms with E-state index >= 15 is 0 Å². The summed E-state index contributed by atoms with van der Waals surface area (Å²) in [5.74, 6) is 0.939. The lowest BCUT2D eigenvalue weighted by atomic mass is 10.1. The van der Waals surface area contributed by atoms with E-state index in [4.69, 9.17) is 16.3 Å². The molecule has 0 saturated heterocycles. The fourth-order valence-electron chi connectivity index (χ4n) is 2.72. The molecule has 5 nitrogen and oxygen atoms in total. The van der Waals surface area contributed by atoms with Crippen LogP contribution < -0.4 is 4.74 Å². The molecule has 1 aliphatic rings. The molecule has 6 heteroatoms. The molecule has 0 N–H and O–H groups in total. The highest BCUT2D eigenvalue weighted by molar-refractivity contribution is 6.30. The first kappa shape index (κ1) is 14.2. The maximum absolute atomic E-state index is 5.94. The van der Waals surface area contributed by atoms with Crippen LogP contribution in [0.5, 0.6) is 5.75 Å². The summed E-state index contributed by atoms with van der Waals surface area (Å²) in [5.41, 5.74) is 3.42. The van der Waals surface area contributed by atoms with E-state index in [0.29, 0.717) is 6.73 Å². The highest BCUT2D eigenvalue weighted by Gasteiger charge is 2.18. The molecule has 0 radical (unpaired) electrons. The lowest BCUT2D eigenvalue weighted by Gasteiger charge is -2.29. The molecule has 1 aliphatic heterocycles. The maximum atomic E-state index is 5.94. The maximum Gasteiger partial charge on any atom is 0.142 e. The zero-order valence-electron chi connectivity index (χ0n) is 12.4. The minimum atomic E-state index is 0.585. The first-order valence-corrected chi connectivity index (χ1v) is 7.73. The number of hydrogen-bond acceptors (Lipinski definition) is 4. The van der Waals surface area contributed by atoms with Crippen LogP contribution in [0, 0.1) is 0 Å². The van der Waals surface area contributed by atoms with Gasteiger partial charge in [-0.3, -0.25) is 9.47 Å². The molecule has 0 atom stereocenters. The van der Waals surface area contributed by atoms with E-state index in [-0.39, 0.29) is 0 Å². The number of halogens is 1. The summed E-state index contributed by atoms with van der Waals surface area (Å²) < 4.78 is 7.75. The zero-order chi connectivity index (χ0) is 15.6. The van der Waals surface area contributed by atoms with Crippen molar-refractivity contribution in [3.8, 4) is 11.4 Å². The van der Waals surface area contributed by atoms with E-state index in [2.05, 4.69) is 21.2 Å². The van der Waals surface area contributed by atoms with Crippen molar-refractivity contribution in [1.29, 1.82) is 0 Å². The Morgan fingerprint density at radius 3 is 2.61 bits per heavy atom. The van der Waals surface area contributed by atoms with Gasteiger partial charge in [0.05, 0.1) is 0 Å². The van der Waals surface area contributed by atoms with Crippen molar-refractivity contribution in [2.45, 2.75) is 13.1 Å². The van der Waals surface area contributed by atoms with Crippen molar-refractivity contribution in [3.05, 3.63) is 71.3 Å². The van der Waals surface area contributed by atoms with Gasteiger partial charge in [-0.15, -0.1) is 10.2 Å². The largest absolute Gasteiger partial charge is 0.478 e. The first-order valence-electron chi connectivity index (χ1n) is 7.35. The Morgan fingerprint density at radius 1 is 1.04 bits per heavy atom. The van der Waals surface area contributed by atoms with Gasteiger partial charge in [0.1, 0.15) is 25.1 Å². The second-order valence-electron chi connectivity index (χ2n) is 5.55. The second kappa shape index (κ2) is 6.02. The third-order valence-corrected chi connectivity index (χ3v) is 4.13. The lowest BCUT2D eigenvalue weighted by molar-refractivity contribution is 0.0887. The Hall–Kier alpha value is -2.37. The number of fused-ring (bicyclic) bond motifs is 1. The van der Waals surface area contributed by atoms with Crippen LogP contribution in [0.2, 0.25) is 5.02 Å². The number of aromatic nitrogens is 3. The van der Waals surface area contributed by atoms with Gasteiger partial charge in [-0.05, 0) is 35.9 Å². The minimum absolute atomic E-state index is 0.585. The van der Waals surface area contributed by atoms with Gasteiger partial charge in [0, 0.05) is 29.4 Å². The predicted molar refractivity (Wildman–Crippen MR) is 87.6 cm³/mol. The van der Waals surface area contributed by atoms with Gasteiger partial charge in [-0.25, -0.2) is 0 Å². The van der Waals surface area contributed by atoms with Crippen LogP contribution in [-0.4, -0.2) is 26.4 Å². The normalized spacial score (nSPS) is 14.3. The molecular formula is C17H15ClN4O. The number of rotatable bonds is 3. The molecule has 2 heterocycles. The van der Waals surface area contributed by atoms with Crippen LogP contribution in [-0.2, 0) is 13.1 Å². The van der Waals surface area contributed by atoms with Crippen molar-refractivity contribution in [3.63, 3.8) is 0 Å². The Labute approximate surface area is 139 Å². The van der Waals surface area contributed by atoms with Crippen molar-refractivity contribution >= 4 is 11.6 Å². The monoisotopic (exact) mass is 326 g/mol. The summed E-state index contributed by atoms with van der Waals surface area (Å²) >= 11 is 5.94. The molecule has 0 spiro atoms. The smallest absolute Gasteiger partial charge is 0.142 e. The van der Waals surface area contributed by atoms with E-state index < -0.39 is 0 Å². The van der Waals surface area contributed by atoms with Crippen LogP contribution in [0.1, 0.15) is 11.1 Å². The topological polar surface area (TPSA) is 43.2 Å². The molecule has 3 aromatic rings. The molecule has 0 aliphatic carbocycles. The van der Waals surface area contributed by atoms with Crippen LogP contribution >= 0.6 is 11.6 Å². The third kappa shape index (κ3) is 3.06. The van der Waals surface area contributed by atoms with Crippen molar-refractivity contribution in [1.82, 2.24) is 19.7 Å². The van der Waals surface area contributed by atoms with Crippen LogP contribution in [0.15, 0.2) is 55.1 Å². The first-order chi connectivity index (χ1) is 11.3. The average molecular weight is 327 g/mol. The van der Waals surface area contributed by atoms with E-state index in [1.807, 2.05) is 41.0 Å². The predicted octanol–water partition coefficient (Wildman–Crippen LogP) is 3.27. The third-order valence-electron chi connectivity index (χ3n) is 3.88. The van der Waals surface area contributed by atoms with Gasteiger partial charge < -0.3 is 4.74 Å². The molecule has 0 bridgehead atoms. The fourth-order valence-corrected chi connectivity index (χ4v) is 2.85. The van der Waals surface area contributed by atoms with Crippen LogP contribution in [0.25, 0.3) is 5.69 Å². The van der Waals surface area contributed by atoms with Gasteiger partial charge >= 0.3 is 0 Å². The summed E-state index contributed by atoms with van der Waals surface area (Å²) in [4.78, 5) is 2.25.